The first-order valence-electron chi connectivity index (χ1n) is 7.66. The second-order valence-electron chi connectivity index (χ2n) is 6.27. The summed E-state index contributed by atoms with van der Waals surface area (Å²) in [5, 5.41) is 3.55. The maximum absolute atomic E-state index is 5.62. The normalized spacial score (nSPS) is 27.0. The topological polar surface area (TPSA) is 37.4 Å². The molecule has 110 valence electrons. The van der Waals surface area contributed by atoms with Crippen molar-refractivity contribution in [1.82, 2.24) is 15.2 Å². The summed E-state index contributed by atoms with van der Waals surface area (Å²) in [7, 11) is 0. The zero-order valence-corrected chi connectivity index (χ0v) is 12.7. The van der Waals surface area contributed by atoms with E-state index in [-0.39, 0.29) is 0 Å². The lowest BCUT2D eigenvalue weighted by atomic mass is 10.0. The molecule has 0 spiro atoms. The third kappa shape index (κ3) is 2.73. The summed E-state index contributed by atoms with van der Waals surface area (Å²) < 4.78 is 5.62. The van der Waals surface area contributed by atoms with Crippen LogP contribution in [-0.4, -0.2) is 48.3 Å². The molecule has 0 amide bonds. The van der Waals surface area contributed by atoms with Crippen molar-refractivity contribution in [3.8, 4) is 0 Å². The van der Waals surface area contributed by atoms with Crippen LogP contribution < -0.4 is 5.32 Å². The van der Waals surface area contributed by atoms with Gasteiger partial charge >= 0.3 is 0 Å². The highest BCUT2D eigenvalue weighted by Gasteiger charge is 2.35. The fraction of sp³-hybridized carbons (Fsp3) is 0.688. The summed E-state index contributed by atoms with van der Waals surface area (Å²) in [5.41, 5.74) is 3.71. The molecule has 3 rings (SSSR count). The lowest BCUT2D eigenvalue weighted by Crippen LogP contribution is -2.56. The molecule has 4 heteroatoms. The predicted molar refractivity (Wildman–Crippen MR) is 79.9 cm³/mol. The van der Waals surface area contributed by atoms with Gasteiger partial charge < -0.3 is 10.1 Å². The first-order valence-corrected chi connectivity index (χ1v) is 7.66. The Hall–Kier alpha value is -0.970. The van der Waals surface area contributed by atoms with Crippen LogP contribution in [0.1, 0.15) is 36.7 Å². The molecule has 2 aliphatic heterocycles. The predicted octanol–water partition coefficient (Wildman–Crippen LogP) is 1.69. The summed E-state index contributed by atoms with van der Waals surface area (Å²) in [5.74, 6) is 0.495. The Balaban J connectivity index is 1.74. The van der Waals surface area contributed by atoms with Crippen LogP contribution in [0.5, 0.6) is 0 Å². The summed E-state index contributed by atoms with van der Waals surface area (Å²) in [6, 6.07) is 5.46. The highest BCUT2D eigenvalue weighted by Crippen LogP contribution is 2.21. The third-order valence-corrected chi connectivity index (χ3v) is 4.51. The van der Waals surface area contributed by atoms with Crippen LogP contribution in [0.3, 0.4) is 0 Å². The maximum Gasteiger partial charge on any atom is 0.0638 e. The molecule has 0 unspecified atom stereocenters. The average Bonchev–Trinajstić information content (AvgIpc) is 2.90. The SMILES string of the molecule is Cc1nc(C(C)C)ccc1CN1CCN[C@@H]2COC[C@@H]21. The minimum atomic E-state index is 0.495. The molecule has 1 aromatic rings. The standard InChI is InChI=1S/C16H25N3O/c1-11(2)14-5-4-13(12(3)18-14)8-19-7-6-17-15-9-20-10-16(15)19/h4-5,11,15-17H,6-10H2,1-3H3/t15-,16+/m1/s1. The van der Waals surface area contributed by atoms with Crippen LogP contribution in [0.15, 0.2) is 12.1 Å². The first kappa shape index (κ1) is 14.0. The van der Waals surface area contributed by atoms with Gasteiger partial charge in [0, 0.05) is 37.1 Å². The van der Waals surface area contributed by atoms with Crippen LogP contribution in [0, 0.1) is 6.92 Å². The van der Waals surface area contributed by atoms with Gasteiger partial charge in [-0.1, -0.05) is 19.9 Å². The van der Waals surface area contributed by atoms with Crippen LogP contribution in [0.4, 0.5) is 0 Å². The Bertz CT molecular complexity index is 475. The number of aromatic nitrogens is 1. The van der Waals surface area contributed by atoms with E-state index in [1.807, 2.05) is 0 Å². The monoisotopic (exact) mass is 275 g/mol. The molecule has 0 aromatic carbocycles. The van der Waals surface area contributed by atoms with Crippen molar-refractivity contribution in [2.45, 2.75) is 45.3 Å². The molecule has 0 bridgehead atoms. The zero-order valence-electron chi connectivity index (χ0n) is 12.7. The van der Waals surface area contributed by atoms with Crippen molar-refractivity contribution in [1.29, 1.82) is 0 Å². The number of rotatable bonds is 3. The molecule has 0 saturated carbocycles. The van der Waals surface area contributed by atoms with Gasteiger partial charge in [-0.15, -0.1) is 0 Å². The number of hydrogen-bond donors (Lipinski definition) is 1. The minimum absolute atomic E-state index is 0.495. The smallest absolute Gasteiger partial charge is 0.0638 e. The summed E-state index contributed by atoms with van der Waals surface area (Å²) in [4.78, 5) is 7.30. The number of aryl methyl sites for hydroxylation is 1. The Morgan fingerprint density at radius 1 is 1.40 bits per heavy atom. The van der Waals surface area contributed by atoms with E-state index in [0.29, 0.717) is 18.0 Å². The van der Waals surface area contributed by atoms with E-state index in [0.717, 1.165) is 32.8 Å². The van der Waals surface area contributed by atoms with Crippen molar-refractivity contribution in [3.63, 3.8) is 0 Å². The third-order valence-electron chi connectivity index (χ3n) is 4.51. The maximum atomic E-state index is 5.62. The van der Waals surface area contributed by atoms with Crippen molar-refractivity contribution in [3.05, 3.63) is 29.1 Å². The van der Waals surface area contributed by atoms with Gasteiger partial charge in [0.05, 0.1) is 19.3 Å². The van der Waals surface area contributed by atoms with Gasteiger partial charge in [-0.25, -0.2) is 0 Å². The van der Waals surface area contributed by atoms with Crippen LogP contribution in [0.25, 0.3) is 0 Å². The minimum Gasteiger partial charge on any atom is -0.378 e. The van der Waals surface area contributed by atoms with Gasteiger partial charge in [0.2, 0.25) is 0 Å². The van der Waals surface area contributed by atoms with Crippen molar-refractivity contribution < 1.29 is 4.74 Å². The molecule has 3 heterocycles. The van der Waals surface area contributed by atoms with Gasteiger partial charge in [0.15, 0.2) is 0 Å². The molecule has 0 aliphatic carbocycles. The van der Waals surface area contributed by atoms with Crippen molar-refractivity contribution >= 4 is 0 Å². The number of piperazine rings is 1. The molecule has 2 atom stereocenters. The Morgan fingerprint density at radius 3 is 3.00 bits per heavy atom. The van der Waals surface area contributed by atoms with Crippen LogP contribution in [0.2, 0.25) is 0 Å². The van der Waals surface area contributed by atoms with Crippen molar-refractivity contribution in [2.75, 3.05) is 26.3 Å². The summed E-state index contributed by atoms with van der Waals surface area (Å²) in [6.45, 7) is 11.4. The number of ether oxygens (including phenoxy) is 1. The second-order valence-corrected chi connectivity index (χ2v) is 6.27. The van der Waals surface area contributed by atoms with Gasteiger partial charge in [-0.2, -0.15) is 0 Å². The fourth-order valence-electron chi connectivity index (χ4n) is 3.17. The molecule has 2 aliphatic rings. The molecular formula is C16H25N3O. The van der Waals surface area contributed by atoms with Crippen LogP contribution >= 0.6 is 0 Å². The second kappa shape index (κ2) is 5.80. The molecule has 2 saturated heterocycles. The highest BCUT2D eigenvalue weighted by atomic mass is 16.5. The Morgan fingerprint density at radius 2 is 2.25 bits per heavy atom. The van der Waals surface area contributed by atoms with E-state index in [1.54, 1.807) is 0 Å². The summed E-state index contributed by atoms with van der Waals surface area (Å²) >= 11 is 0. The number of fused-ring (bicyclic) bond motifs is 1. The lowest BCUT2D eigenvalue weighted by molar-refractivity contribution is 0.122. The highest BCUT2D eigenvalue weighted by molar-refractivity contribution is 5.23. The van der Waals surface area contributed by atoms with Crippen LogP contribution in [-0.2, 0) is 11.3 Å². The summed E-state index contributed by atoms with van der Waals surface area (Å²) in [6.07, 6.45) is 0. The molecule has 2 fully saturated rings. The molecular weight excluding hydrogens is 250 g/mol. The fourth-order valence-corrected chi connectivity index (χ4v) is 3.17. The number of nitrogens with zero attached hydrogens (tertiary/aromatic N) is 2. The Labute approximate surface area is 121 Å². The van der Waals surface area contributed by atoms with Gasteiger partial charge in [0.1, 0.15) is 0 Å². The molecule has 0 radical (unpaired) electrons. The van der Waals surface area contributed by atoms with E-state index in [2.05, 4.69) is 43.1 Å². The van der Waals surface area contributed by atoms with E-state index in [4.69, 9.17) is 9.72 Å². The zero-order chi connectivity index (χ0) is 14.1. The van der Waals surface area contributed by atoms with Gasteiger partial charge in [-0.05, 0) is 24.5 Å². The van der Waals surface area contributed by atoms with Crippen molar-refractivity contribution in [2.24, 2.45) is 0 Å². The molecule has 20 heavy (non-hydrogen) atoms. The van der Waals surface area contributed by atoms with Gasteiger partial charge in [-0.3, -0.25) is 9.88 Å². The van der Waals surface area contributed by atoms with E-state index >= 15 is 0 Å². The van der Waals surface area contributed by atoms with E-state index < -0.39 is 0 Å². The lowest BCUT2D eigenvalue weighted by Gasteiger charge is -2.37. The number of pyridine rings is 1. The number of nitrogens with one attached hydrogen (secondary N) is 1. The average molecular weight is 275 g/mol. The van der Waals surface area contributed by atoms with Gasteiger partial charge in [0.25, 0.3) is 0 Å². The van der Waals surface area contributed by atoms with E-state index in [9.17, 15) is 0 Å². The molecule has 1 N–H and O–H groups in total. The largest absolute Gasteiger partial charge is 0.378 e. The first-order chi connectivity index (χ1) is 9.65. The molecule has 1 aromatic heterocycles. The quantitative estimate of drug-likeness (QED) is 0.911. The Kier molecular flexibility index (Phi) is 4.06. The number of hydrogen-bond acceptors (Lipinski definition) is 4. The molecule has 4 nitrogen and oxygen atoms in total. The van der Waals surface area contributed by atoms with E-state index in [1.165, 1.54) is 17.0 Å².